The van der Waals surface area contributed by atoms with Gasteiger partial charge in [0.1, 0.15) is 6.61 Å². The monoisotopic (exact) mass is 209 g/mol. The number of nitrogens with zero attached hydrogens (tertiary/aromatic N) is 1. The molecule has 0 atom stereocenters. The minimum Gasteiger partial charge on any atom is -0.475 e. The average molecular weight is 209 g/mol. The Kier molecular flexibility index (Phi) is 4.37. The van der Waals surface area contributed by atoms with Gasteiger partial charge >= 0.3 is 0 Å². The van der Waals surface area contributed by atoms with Gasteiger partial charge in [0.25, 0.3) is 0 Å². The van der Waals surface area contributed by atoms with E-state index in [2.05, 4.69) is 38.8 Å². The highest BCUT2D eigenvalue weighted by Gasteiger charge is 2.27. The normalized spacial score (nSPS) is 20.0. The topological polar surface area (TPSA) is 21.6 Å². The van der Waals surface area contributed by atoms with E-state index in [1.54, 1.807) is 0 Å². The van der Waals surface area contributed by atoms with Gasteiger partial charge < -0.3 is 4.74 Å². The predicted octanol–water partition coefficient (Wildman–Crippen LogP) is 3.72. The van der Waals surface area contributed by atoms with Crippen LogP contribution in [0.15, 0.2) is 16.6 Å². The maximum absolute atomic E-state index is 5.66. The van der Waals surface area contributed by atoms with Crippen molar-refractivity contribution < 1.29 is 4.74 Å². The first kappa shape index (κ1) is 12.3. The predicted molar refractivity (Wildman–Crippen MR) is 65.4 cm³/mol. The van der Waals surface area contributed by atoms with E-state index >= 15 is 0 Å². The Bertz CT molecular complexity index is 264. The number of allylic oxidation sites excluding steroid dienone is 1. The number of hydrogen-bond donors (Lipinski definition) is 0. The Morgan fingerprint density at radius 3 is 2.60 bits per heavy atom. The fraction of sp³-hybridized carbons (Fsp3) is 0.769. The largest absolute Gasteiger partial charge is 0.475 e. The minimum absolute atomic E-state index is 0.0334. The molecule has 1 aliphatic heterocycles. The molecule has 86 valence electrons. The van der Waals surface area contributed by atoms with E-state index in [0.717, 1.165) is 31.8 Å². The molecule has 0 N–H and O–H groups in total. The number of ether oxygens (including phenoxy) is 1. The van der Waals surface area contributed by atoms with Gasteiger partial charge in [0.2, 0.25) is 5.90 Å². The summed E-state index contributed by atoms with van der Waals surface area (Å²) in [5.41, 5.74) is 1.26. The Morgan fingerprint density at radius 1 is 1.40 bits per heavy atom. The zero-order valence-corrected chi connectivity index (χ0v) is 10.5. The lowest BCUT2D eigenvalue weighted by Gasteiger charge is -2.07. The molecule has 0 aromatic heterocycles. The van der Waals surface area contributed by atoms with Gasteiger partial charge in [0, 0.05) is 5.57 Å². The van der Waals surface area contributed by atoms with Crippen LogP contribution in [0.4, 0.5) is 0 Å². The molecule has 0 unspecified atom stereocenters. The number of rotatable bonds is 5. The third-order valence-electron chi connectivity index (χ3n) is 2.44. The van der Waals surface area contributed by atoms with Crippen LogP contribution in [0.25, 0.3) is 0 Å². The van der Waals surface area contributed by atoms with Gasteiger partial charge in [-0.15, -0.1) is 0 Å². The van der Waals surface area contributed by atoms with E-state index < -0.39 is 0 Å². The van der Waals surface area contributed by atoms with Crippen molar-refractivity contribution in [2.24, 2.45) is 4.99 Å². The first-order valence-electron chi connectivity index (χ1n) is 6.01. The van der Waals surface area contributed by atoms with Crippen molar-refractivity contribution in [3.63, 3.8) is 0 Å². The summed E-state index contributed by atoms with van der Waals surface area (Å²) in [7, 11) is 0. The molecule has 0 radical (unpaired) electrons. The van der Waals surface area contributed by atoms with E-state index in [4.69, 9.17) is 4.74 Å². The summed E-state index contributed by atoms with van der Waals surface area (Å²) in [6.45, 7) is 9.34. The SMILES string of the molecule is CCC/C=C(\CCC)C1=NC(C)(C)CO1. The molecular weight excluding hydrogens is 186 g/mol. The van der Waals surface area contributed by atoms with E-state index in [0.29, 0.717) is 0 Å². The lowest BCUT2D eigenvalue weighted by atomic mass is 10.1. The molecule has 0 spiro atoms. The van der Waals surface area contributed by atoms with Crippen LogP contribution in [0.1, 0.15) is 53.4 Å². The van der Waals surface area contributed by atoms with Crippen molar-refractivity contribution in [1.82, 2.24) is 0 Å². The second-order valence-corrected chi connectivity index (χ2v) is 4.79. The van der Waals surface area contributed by atoms with Gasteiger partial charge in [-0.25, -0.2) is 4.99 Å². The van der Waals surface area contributed by atoms with Gasteiger partial charge in [-0.2, -0.15) is 0 Å². The summed E-state index contributed by atoms with van der Waals surface area (Å²) >= 11 is 0. The smallest absolute Gasteiger partial charge is 0.212 e. The van der Waals surface area contributed by atoms with Crippen LogP contribution in [0.5, 0.6) is 0 Å². The molecule has 0 aromatic rings. The molecule has 0 aromatic carbocycles. The summed E-state index contributed by atoms with van der Waals surface area (Å²) in [6.07, 6.45) is 6.82. The minimum atomic E-state index is -0.0334. The highest BCUT2D eigenvalue weighted by atomic mass is 16.5. The molecule has 2 nitrogen and oxygen atoms in total. The maximum atomic E-state index is 5.66. The second kappa shape index (κ2) is 5.34. The summed E-state index contributed by atoms with van der Waals surface area (Å²) in [4.78, 5) is 4.62. The first-order valence-corrected chi connectivity index (χ1v) is 6.01. The van der Waals surface area contributed by atoms with Crippen molar-refractivity contribution in [2.45, 2.75) is 58.9 Å². The molecule has 1 heterocycles. The van der Waals surface area contributed by atoms with E-state index in [1.807, 2.05) is 0 Å². The van der Waals surface area contributed by atoms with Crippen LogP contribution >= 0.6 is 0 Å². The third-order valence-corrected chi connectivity index (χ3v) is 2.44. The molecule has 0 amide bonds. The van der Waals surface area contributed by atoms with Crippen molar-refractivity contribution in [1.29, 1.82) is 0 Å². The first-order chi connectivity index (χ1) is 7.09. The van der Waals surface area contributed by atoms with Gasteiger partial charge in [-0.05, 0) is 26.7 Å². The Morgan fingerprint density at radius 2 is 2.13 bits per heavy atom. The summed E-state index contributed by atoms with van der Waals surface area (Å²) < 4.78 is 5.66. The van der Waals surface area contributed by atoms with Crippen LogP contribution < -0.4 is 0 Å². The highest BCUT2D eigenvalue weighted by Crippen LogP contribution is 2.22. The third kappa shape index (κ3) is 3.69. The van der Waals surface area contributed by atoms with Crippen LogP contribution in [0, 0.1) is 0 Å². The molecule has 0 aliphatic carbocycles. The standard InChI is InChI=1S/C13H23NO/c1-5-7-9-11(8-6-2)12-14-13(3,4)10-15-12/h9H,5-8,10H2,1-4H3/b11-9+. The summed E-state index contributed by atoms with van der Waals surface area (Å²) in [5.74, 6) is 0.885. The Balaban J connectivity index is 2.73. The van der Waals surface area contributed by atoms with Crippen molar-refractivity contribution in [2.75, 3.05) is 6.61 Å². The van der Waals surface area contributed by atoms with Crippen LogP contribution in [0.2, 0.25) is 0 Å². The fourth-order valence-electron chi connectivity index (χ4n) is 1.63. The maximum Gasteiger partial charge on any atom is 0.212 e. The van der Waals surface area contributed by atoms with Crippen LogP contribution in [-0.4, -0.2) is 18.0 Å². The van der Waals surface area contributed by atoms with Crippen LogP contribution in [-0.2, 0) is 4.74 Å². The number of unbranched alkanes of at least 4 members (excludes halogenated alkanes) is 1. The fourth-order valence-corrected chi connectivity index (χ4v) is 1.63. The molecular formula is C13H23NO. The molecule has 1 rings (SSSR count). The quantitative estimate of drug-likeness (QED) is 0.676. The number of aliphatic imine (C=N–C) groups is 1. The van der Waals surface area contributed by atoms with E-state index in [-0.39, 0.29) is 5.54 Å². The Hall–Kier alpha value is -0.790. The summed E-state index contributed by atoms with van der Waals surface area (Å²) in [6, 6.07) is 0. The lowest BCUT2D eigenvalue weighted by molar-refractivity contribution is 0.278. The lowest BCUT2D eigenvalue weighted by Crippen LogP contribution is -2.17. The highest BCUT2D eigenvalue weighted by molar-refractivity contribution is 5.94. The molecule has 1 aliphatic rings. The average Bonchev–Trinajstić information content (AvgIpc) is 2.53. The van der Waals surface area contributed by atoms with E-state index in [9.17, 15) is 0 Å². The van der Waals surface area contributed by atoms with Crippen molar-refractivity contribution in [3.8, 4) is 0 Å². The molecule has 0 saturated heterocycles. The molecule has 0 bridgehead atoms. The van der Waals surface area contributed by atoms with Crippen LogP contribution in [0.3, 0.4) is 0 Å². The number of hydrogen-bond acceptors (Lipinski definition) is 2. The van der Waals surface area contributed by atoms with E-state index in [1.165, 1.54) is 12.0 Å². The molecule has 0 fully saturated rings. The molecule has 15 heavy (non-hydrogen) atoms. The Labute approximate surface area is 93.4 Å². The zero-order chi connectivity index (χ0) is 11.3. The molecule has 0 saturated carbocycles. The molecule has 2 heteroatoms. The van der Waals surface area contributed by atoms with Gasteiger partial charge in [0.15, 0.2) is 0 Å². The van der Waals surface area contributed by atoms with Gasteiger partial charge in [-0.3, -0.25) is 0 Å². The zero-order valence-electron chi connectivity index (χ0n) is 10.5. The van der Waals surface area contributed by atoms with Gasteiger partial charge in [0.05, 0.1) is 5.54 Å². The summed E-state index contributed by atoms with van der Waals surface area (Å²) in [5, 5.41) is 0. The van der Waals surface area contributed by atoms with Gasteiger partial charge in [-0.1, -0.05) is 32.8 Å². The van der Waals surface area contributed by atoms with Crippen molar-refractivity contribution in [3.05, 3.63) is 11.6 Å². The van der Waals surface area contributed by atoms with Crippen molar-refractivity contribution >= 4 is 5.90 Å². The second-order valence-electron chi connectivity index (χ2n) is 4.79.